The predicted molar refractivity (Wildman–Crippen MR) is 98.1 cm³/mol. The lowest BCUT2D eigenvalue weighted by atomic mass is 10.0. The number of hydrogen-bond donors (Lipinski definition) is 0. The first-order chi connectivity index (χ1) is 11.5. The van der Waals surface area contributed by atoms with Crippen molar-refractivity contribution in [2.75, 3.05) is 11.4 Å². The summed E-state index contributed by atoms with van der Waals surface area (Å²) in [4.78, 5) is 14.7. The second-order valence-corrected chi connectivity index (χ2v) is 6.73. The Kier molecular flexibility index (Phi) is 4.81. The molecule has 0 bridgehead atoms. The molecule has 2 aromatic rings. The summed E-state index contributed by atoms with van der Waals surface area (Å²) in [6.07, 6.45) is 1.45. The summed E-state index contributed by atoms with van der Waals surface area (Å²) in [6, 6.07) is 11.8. The Morgan fingerprint density at radius 1 is 1.21 bits per heavy atom. The Hall–Kier alpha value is -2.00. The number of rotatable bonds is 3. The molecule has 2 aromatic carbocycles. The van der Waals surface area contributed by atoms with Crippen molar-refractivity contribution >= 4 is 23.2 Å². The van der Waals surface area contributed by atoms with Crippen LogP contribution in [0.2, 0.25) is 5.02 Å². The Balaban J connectivity index is 1.79. The molecule has 1 amide bonds. The van der Waals surface area contributed by atoms with E-state index in [-0.39, 0.29) is 5.91 Å². The topological polar surface area (TPSA) is 29.5 Å². The van der Waals surface area contributed by atoms with Crippen molar-refractivity contribution in [2.24, 2.45) is 0 Å². The van der Waals surface area contributed by atoms with E-state index in [1.807, 2.05) is 49.1 Å². The van der Waals surface area contributed by atoms with Crippen molar-refractivity contribution in [3.05, 3.63) is 58.1 Å². The van der Waals surface area contributed by atoms with Crippen LogP contribution in [0.15, 0.2) is 36.4 Å². The number of benzene rings is 2. The van der Waals surface area contributed by atoms with Gasteiger partial charge in [0.25, 0.3) is 5.91 Å². The van der Waals surface area contributed by atoms with Crippen LogP contribution in [-0.4, -0.2) is 18.6 Å². The van der Waals surface area contributed by atoms with Crippen LogP contribution in [-0.2, 0) is 11.2 Å². The van der Waals surface area contributed by atoms with Crippen molar-refractivity contribution in [3.8, 4) is 5.75 Å². The molecule has 1 heterocycles. The summed E-state index contributed by atoms with van der Waals surface area (Å²) < 4.78 is 5.91. The van der Waals surface area contributed by atoms with E-state index in [9.17, 15) is 4.79 Å². The molecule has 126 valence electrons. The Morgan fingerprint density at radius 2 is 1.88 bits per heavy atom. The van der Waals surface area contributed by atoms with Gasteiger partial charge in [-0.05, 0) is 68.5 Å². The van der Waals surface area contributed by atoms with Crippen LogP contribution in [0, 0.1) is 13.8 Å². The minimum Gasteiger partial charge on any atom is -0.481 e. The van der Waals surface area contributed by atoms with Gasteiger partial charge in [-0.3, -0.25) is 4.79 Å². The third-order valence-electron chi connectivity index (χ3n) is 4.45. The first-order valence-electron chi connectivity index (χ1n) is 8.30. The van der Waals surface area contributed by atoms with E-state index in [2.05, 4.69) is 6.07 Å². The molecule has 3 rings (SSSR count). The Bertz CT molecular complexity index is 749. The molecule has 0 unspecified atom stereocenters. The van der Waals surface area contributed by atoms with Gasteiger partial charge in [-0.25, -0.2) is 0 Å². The molecule has 0 radical (unpaired) electrons. The van der Waals surface area contributed by atoms with Gasteiger partial charge in [-0.2, -0.15) is 0 Å². The molecule has 1 atom stereocenters. The third kappa shape index (κ3) is 3.27. The number of anilines is 1. The number of fused-ring (bicyclic) bond motifs is 1. The molecule has 3 nitrogen and oxygen atoms in total. The number of ether oxygens (including phenoxy) is 1. The van der Waals surface area contributed by atoms with Crippen LogP contribution in [0.1, 0.15) is 30.0 Å². The highest BCUT2D eigenvalue weighted by atomic mass is 35.5. The number of halogens is 1. The molecular weight excluding hydrogens is 322 g/mol. The van der Waals surface area contributed by atoms with E-state index in [1.54, 1.807) is 6.92 Å². The van der Waals surface area contributed by atoms with Crippen LogP contribution in [0.3, 0.4) is 0 Å². The first-order valence-corrected chi connectivity index (χ1v) is 8.68. The van der Waals surface area contributed by atoms with Crippen molar-refractivity contribution in [1.29, 1.82) is 0 Å². The molecule has 0 saturated heterocycles. The minimum absolute atomic E-state index is 0.00703. The van der Waals surface area contributed by atoms with Gasteiger partial charge in [-0.15, -0.1) is 0 Å². The van der Waals surface area contributed by atoms with Crippen molar-refractivity contribution < 1.29 is 9.53 Å². The van der Waals surface area contributed by atoms with Crippen LogP contribution < -0.4 is 9.64 Å². The summed E-state index contributed by atoms with van der Waals surface area (Å²) in [5, 5.41) is 0.742. The lowest BCUT2D eigenvalue weighted by Crippen LogP contribution is -2.43. The van der Waals surface area contributed by atoms with E-state index in [1.165, 1.54) is 5.56 Å². The van der Waals surface area contributed by atoms with Gasteiger partial charge in [-0.1, -0.05) is 29.8 Å². The zero-order chi connectivity index (χ0) is 17.3. The summed E-state index contributed by atoms with van der Waals surface area (Å²) in [7, 11) is 0. The van der Waals surface area contributed by atoms with Crippen molar-refractivity contribution in [2.45, 2.75) is 39.7 Å². The molecule has 1 aliphatic rings. The fourth-order valence-electron chi connectivity index (χ4n) is 3.21. The highest BCUT2D eigenvalue weighted by Gasteiger charge is 2.27. The van der Waals surface area contributed by atoms with E-state index < -0.39 is 6.10 Å². The summed E-state index contributed by atoms with van der Waals surface area (Å²) in [5.41, 5.74) is 4.14. The second kappa shape index (κ2) is 6.86. The van der Waals surface area contributed by atoms with Crippen LogP contribution >= 0.6 is 11.6 Å². The van der Waals surface area contributed by atoms with Gasteiger partial charge in [0.15, 0.2) is 6.10 Å². The number of amides is 1. The quantitative estimate of drug-likeness (QED) is 0.808. The Labute approximate surface area is 148 Å². The number of aryl methyl sites for hydroxylation is 3. The molecule has 0 N–H and O–H groups in total. The summed E-state index contributed by atoms with van der Waals surface area (Å²) in [5.74, 6) is 0.674. The van der Waals surface area contributed by atoms with Gasteiger partial charge in [0.1, 0.15) is 5.75 Å². The molecule has 4 heteroatoms. The highest BCUT2D eigenvalue weighted by molar-refractivity contribution is 6.32. The fourth-order valence-corrected chi connectivity index (χ4v) is 3.32. The fraction of sp³-hybridized carbons (Fsp3) is 0.350. The number of para-hydroxylation sites is 1. The smallest absolute Gasteiger partial charge is 0.267 e. The standard InChI is InChI=1S/C20H22ClNO2/c1-13-11-17(12-14(2)19(13)21)24-15(3)20(23)22-10-6-8-16-7-4-5-9-18(16)22/h4-5,7,9,11-12,15H,6,8,10H2,1-3H3/t15-/m0/s1. The Morgan fingerprint density at radius 3 is 2.58 bits per heavy atom. The van der Waals surface area contributed by atoms with Gasteiger partial charge in [0, 0.05) is 17.3 Å². The van der Waals surface area contributed by atoms with Crippen LogP contribution in [0.25, 0.3) is 0 Å². The molecular formula is C20H22ClNO2. The zero-order valence-electron chi connectivity index (χ0n) is 14.3. The average Bonchev–Trinajstić information content (AvgIpc) is 2.58. The lowest BCUT2D eigenvalue weighted by Gasteiger charge is -2.31. The van der Waals surface area contributed by atoms with E-state index in [0.29, 0.717) is 5.75 Å². The lowest BCUT2D eigenvalue weighted by molar-refractivity contribution is -0.124. The minimum atomic E-state index is -0.545. The van der Waals surface area contributed by atoms with E-state index in [4.69, 9.17) is 16.3 Å². The number of nitrogens with zero attached hydrogens (tertiary/aromatic N) is 1. The molecule has 0 aromatic heterocycles. The van der Waals surface area contributed by atoms with Gasteiger partial charge in [0.05, 0.1) is 0 Å². The van der Waals surface area contributed by atoms with Crippen LogP contribution in [0.5, 0.6) is 5.75 Å². The normalized spacial score (nSPS) is 14.9. The van der Waals surface area contributed by atoms with Gasteiger partial charge >= 0.3 is 0 Å². The molecule has 0 spiro atoms. The van der Waals surface area contributed by atoms with Crippen molar-refractivity contribution in [3.63, 3.8) is 0 Å². The van der Waals surface area contributed by atoms with Gasteiger partial charge < -0.3 is 9.64 Å². The van der Waals surface area contributed by atoms with Crippen LogP contribution in [0.4, 0.5) is 5.69 Å². The number of carbonyl (C=O) groups is 1. The first kappa shape index (κ1) is 16.8. The maximum absolute atomic E-state index is 12.9. The molecule has 0 aliphatic carbocycles. The monoisotopic (exact) mass is 343 g/mol. The molecule has 1 aliphatic heterocycles. The molecule has 0 fully saturated rings. The molecule has 24 heavy (non-hydrogen) atoms. The second-order valence-electron chi connectivity index (χ2n) is 6.35. The van der Waals surface area contributed by atoms with E-state index in [0.717, 1.165) is 41.2 Å². The maximum atomic E-state index is 12.9. The van der Waals surface area contributed by atoms with Crippen molar-refractivity contribution in [1.82, 2.24) is 0 Å². The highest BCUT2D eigenvalue weighted by Crippen LogP contribution is 2.29. The predicted octanol–water partition coefficient (Wildman–Crippen LogP) is 4.70. The van der Waals surface area contributed by atoms with Gasteiger partial charge in [0.2, 0.25) is 0 Å². The maximum Gasteiger partial charge on any atom is 0.267 e. The number of carbonyl (C=O) groups excluding carboxylic acids is 1. The summed E-state index contributed by atoms with van der Waals surface area (Å²) in [6.45, 7) is 6.42. The molecule has 0 saturated carbocycles. The zero-order valence-corrected chi connectivity index (χ0v) is 15.1. The largest absolute Gasteiger partial charge is 0.481 e. The average molecular weight is 344 g/mol. The summed E-state index contributed by atoms with van der Waals surface area (Å²) >= 11 is 6.20. The SMILES string of the molecule is Cc1cc(O[C@@H](C)C(=O)N2CCCc3ccccc32)cc(C)c1Cl. The van der Waals surface area contributed by atoms with E-state index >= 15 is 0 Å². The number of hydrogen-bond acceptors (Lipinski definition) is 2. The third-order valence-corrected chi connectivity index (χ3v) is 5.04.